The second-order valence-electron chi connectivity index (χ2n) is 8.53. The molecule has 0 radical (unpaired) electrons. The number of unbranched alkanes of at least 4 members (excludes halogenated alkanes) is 6. The minimum atomic E-state index is -1.96. The van der Waals surface area contributed by atoms with Crippen LogP contribution in [0.3, 0.4) is 0 Å². The smallest absolute Gasteiger partial charge is 0.178 e. The summed E-state index contributed by atoms with van der Waals surface area (Å²) in [6.45, 7) is 4.55. The van der Waals surface area contributed by atoms with Crippen molar-refractivity contribution in [3.05, 3.63) is 60.7 Å². The first-order valence-corrected chi connectivity index (χ1v) is 14.2. The highest BCUT2D eigenvalue weighted by Crippen LogP contribution is 2.67. The van der Waals surface area contributed by atoms with E-state index in [2.05, 4.69) is 74.5 Å². The molecule has 0 aliphatic rings. The van der Waals surface area contributed by atoms with E-state index in [9.17, 15) is 0 Å². The van der Waals surface area contributed by atoms with Gasteiger partial charge in [0.1, 0.15) is 17.9 Å². The van der Waals surface area contributed by atoms with Gasteiger partial charge in [0, 0.05) is 27.1 Å². The topological polar surface area (TPSA) is 18.5 Å². The van der Waals surface area contributed by atoms with Gasteiger partial charge >= 0.3 is 0 Å². The Balaban J connectivity index is 2.54. The van der Waals surface area contributed by atoms with Gasteiger partial charge in [0.2, 0.25) is 0 Å². The zero-order valence-corrected chi connectivity index (χ0v) is 21.2. The summed E-state index contributed by atoms with van der Waals surface area (Å²) in [5, 5.41) is 2.82. The van der Waals surface area contributed by atoms with E-state index in [-0.39, 0.29) is 11.7 Å². The van der Waals surface area contributed by atoms with Crippen molar-refractivity contribution in [2.75, 3.05) is 14.2 Å². The molecule has 172 valence electrons. The molecule has 0 fully saturated rings. The van der Waals surface area contributed by atoms with Gasteiger partial charge in [-0.15, -0.1) is 0 Å². The zero-order chi connectivity index (χ0) is 22.4. The van der Waals surface area contributed by atoms with Gasteiger partial charge in [-0.1, -0.05) is 88.8 Å². The summed E-state index contributed by atoms with van der Waals surface area (Å²) >= 11 is 0. The van der Waals surface area contributed by atoms with Crippen molar-refractivity contribution in [2.24, 2.45) is 0 Å². The molecule has 0 saturated carbocycles. The molecule has 3 heteroatoms. The maximum atomic E-state index is 6.38. The highest BCUT2D eigenvalue weighted by atomic mass is 31.2. The SMILES string of the molecule is CCCCCCC(OC)[P+](c1ccccc1)(c1ccccc1)C(CCCCCC)OC. The Morgan fingerprint density at radius 1 is 0.581 bits per heavy atom. The predicted molar refractivity (Wildman–Crippen MR) is 138 cm³/mol. The summed E-state index contributed by atoms with van der Waals surface area (Å²) in [5.74, 6) is 0.343. The van der Waals surface area contributed by atoms with Crippen molar-refractivity contribution >= 4 is 17.9 Å². The first-order chi connectivity index (χ1) is 15.2. The van der Waals surface area contributed by atoms with Crippen LogP contribution in [0.5, 0.6) is 0 Å². The van der Waals surface area contributed by atoms with Crippen LogP contribution in [0.25, 0.3) is 0 Å². The molecule has 31 heavy (non-hydrogen) atoms. The van der Waals surface area contributed by atoms with Crippen LogP contribution in [0, 0.1) is 0 Å². The lowest BCUT2D eigenvalue weighted by atomic mass is 10.2. The second kappa shape index (κ2) is 14.8. The van der Waals surface area contributed by atoms with Crippen LogP contribution in [0.15, 0.2) is 60.7 Å². The third-order valence-corrected chi connectivity index (χ3v) is 11.5. The Bertz CT molecular complexity index is 627. The highest BCUT2D eigenvalue weighted by Gasteiger charge is 2.56. The minimum absolute atomic E-state index is 0.172. The van der Waals surface area contributed by atoms with Gasteiger partial charge in [-0.25, -0.2) is 0 Å². The van der Waals surface area contributed by atoms with Crippen molar-refractivity contribution in [1.29, 1.82) is 0 Å². The van der Waals surface area contributed by atoms with Crippen LogP contribution in [-0.4, -0.2) is 25.9 Å². The van der Waals surface area contributed by atoms with Gasteiger partial charge < -0.3 is 9.47 Å². The third kappa shape index (κ3) is 6.88. The predicted octanol–water partition coefficient (Wildman–Crippen LogP) is 7.54. The van der Waals surface area contributed by atoms with E-state index in [0.717, 1.165) is 12.8 Å². The Morgan fingerprint density at radius 3 is 1.29 bits per heavy atom. The number of methoxy groups -OCH3 is 2. The van der Waals surface area contributed by atoms with Crippen molar-refractivity contribution in [3.8, 4) is 0 Å². The van der Waals surface area contributed by atoms with E-state index in [1.807, 2.05) is 14.2 Å². The van der Waals surface area contributed by atoms with Crippen molar-refractivity contribution in [2.45, 2.75) is 89.7 Å². The lowest BCUT2D eigenvalue weighted by Crippen LogP contribution is -2.40. The molecule has 0 spiro atoms. The lowest BCUT2D eigenvalue weighted by Gasteiger charge is -2.38. The third-order valence-electron chi connectivity index (χ3n) is 6.43. The average molecular weight is 444 g/mol. The number of rotatable bonds is 16. The van der Waals surface area contributed by atoms with Crippen LogP contribution >= 0.6 is 7.26 Å². The van der Waals surface area contributed by atoms with Crippen LogP contribution < -0.4 is 10.6 Å². The van der Waals surface area contributed by atoms with Crippen LogP contribution in [0.2, 0.25) is 0 Å². The fourth-order valence-electron chi connectivity index (χ4n) is 4.82. The molecule has 0 bridgehead atoms. The second-order valence-corrected chi connectivity index (χ2v) is 12.3. The maximum absolute atomic E-state index is 6.38. The molecule has 0 N–H and O–H groups in total. The summed E-state index contributed by atoms with van der Waals surface area (Å²) in [6.07, 6.45) is 12.2. The zero-order valence-electron chi connectivity index (χ0n) is 20.3. The largest absolute Gasteiger partial charge is 0.346 e. The van der Waals surface area contributed by atoms with E-state index in [0.29, 0.717) is 0 Å². The molecule has 0 aromatic heterocycles. The quantitative estimate of drug-likeness (QED) is 0.197. The van der Waals surface area contributed by atoms with Gasteiger partial charge in [0.05, 0.1) is 0 Å². The van der Waals surface area contributed by atoms with Crippen LogP contribution in [0.4, 0.5) is 0 Å². The van der Waals surface area contributed by atoms with Gasteiger partial charge in [0.25, 0.3) is 0 Å². The van der Waals surface area contributed by atoms with Crippen molar-refractivity contribution < 1.29 is 9.47 Å². The van der Waals surface area contributed by atoms with Gasteiger partial charge in [0.15, 0.2) is 11.7 Å². The van der Waals surface area contributed by atoms with Gasteiger partial charge in [-0.3, -0.25) is 0 Å². The number of benzene rings is 2. The first-order valence-electron chi connectivity index (χ1n) is 12.3. The summed E-state index contributed by atoms with van der Waals surface area (Å²) in [7, 11) is 1.86. The van der Waals surface area contributed by atoms with Gasteiger partial charge in [-0.2, -0.15) is 0 Å². The number of hydrogen-bond donors (Lipinski definition) is 0. The van der Waals surface area contributed by atoms with Crippen molar-refractivity contribution in [3.63, 3.8) is 0 Å². The Kier molecular flexibility index (Phi) is 12.4. The van der Waals surface area contributed by atoms with E-state index < -0.39 is 7.26 Å². The highest BCUT2D eigenvalue weighted by molar-refractivity contribution is 7.90. The minimum Gasteiger partial charge on any atom is -0.346 e. The molecule has 0 saturated heterocycles. The van der Waals surface area contributed by atoms with Crippen LogP contribution in [0.1, 0.15) is 78.1 Å². The fraction of sp³-hybridized carbons (Fsp3) is 0.571. The van der Waals surface area contributed by atoms with E-state index >= 15 is 0 Å². The molecular weight excluding hydrogens is 399 g/mol. The molecular formula is C28H44O2P+. The van der Waals surface area contributed by atoms with Gasteiger partial charge in [-0.05, 0) is 37.1 Å². The summed E-state index contributed by atoms with van der Waals surface area (Å²) < 4.78 is 12.8. The molecule has 2 unspecified atom stereocenters. The molecule has 2 atom stereocenters. The first kappa shape index (κ1) is 26.0. The van der Waals surface area contributed by atoms with E-state index in [1.165, 1.54) is 62.0 Å². The standard InChI is InChI=1S/C28H44O2P/c1-5-7-9-17-23-27(29-3)31(25-19-13-11-14-20-25,26-21-15-12-16-22-26)28(30-4)24-18-10-8-6-2/h11-16,19-22,27-28H,5-10,17-18,23-24H2,1-4H3/q+1. The van der Waals surface area contributed by atoms with Crippen LogP contribution in [-0.2, 0) is 9.47 Å². The summed E-state index contributed by atoms with van der Waals surface area (Å²) in [6, 6.07) is 22.2. The fourth-order valence-corrected chi connectivity index (χ4v) is 9.99. The molecule has 0 aliphatic carbocycles. The molecule has 0 heterocycles. The average Bonchev–Trinajstić information content (AvgIpc) is 2.83. The maximum Gasteiger partial charge on any atom is 0.178 e. The molecule has 2 rings (SSSR count). The molecule has 2 aromatic rings. The van der Waals surface area contributed by atoms with Crippen molar-refractivity contribution in [1.82, 2.24) is 0 Å². The Hall–Kier alpha value is -1.21. The summed E-state index contributed by atoms with van der Waals surface area (Å²) in [5.41, 5.74) is 0. The van der Waals surface area contributed by atoms with E-state index in [4.69, 9.17) is 9.47 Å². The Morgan fingerprint density at radius 2 is 0.968 bits per heavy atom. The number of ether oxygens (including phenoxy) is 2. The molecule has 2 nitrogen and oxygen atoms in total. The monoisotopic (exact) mass is 443 g/mol. The molecule has 0 aliphatic heterocycles. The Labute approximate surface area is 192 Å². The molecule has 2 aromatic carbocycles. The normalized spacial score (nSPS) is 13.8. The summed E-state index contributed by atoms with van der Waals surface area (Å²) in [4.78, 5) is 0. The lowest BCUT2D eigenvalue weighted by molar-refractivity contribution is 0.128. The molecule has 0 amide bonds. The number of hydrogen-bond acceptors (Lipinski definition) is 2. The van der Waals surface area contributed by atoms with E-state index in [1.54, 1.807) is 0 Å².